The molecule has 2 aromatic rings. The van der Waals surface area contributed by atoms with E-state index in [0.29, 0.717) is 6.61 Å². The summed E-state index contributed by atoms with van der Waals surface area (Å²) in [5.41, 5.74) is 2.76. The second kappa shape index (κ2) is 5.78. The lowest BCUT2D eigenvalue weighted by molar-refractivity contribution is 0.210. The summed E-state index contributed by atoms with van der Waals surface area (Å²) in [4.78, 5) is 0. The molecule has 1 aliphatic rings. The van der Waals surface area contributed by atoms with Gasteiger partial charge in [0, 0.05) is 17.5 Å². The molecule has 0 saturated carbocycles. The zero-order valence-corrected chi connectivity index (χ0v) is 12.4. The van der Waals surface area contributed by atoms with Gasteiger partial charge in [0.25, 0.3) is 0 Å². The largest absolute Gasteiger partial charge is 0.493 e. The Labute approximate surface area is 125 Å². The predicted molar refractivity (Wildman–Crippen MR) is 81.9 cm³/mol. The van der Waals surface area contributed by atoms with Crippen LogP contribution in [0.2, 0.25) is 0 Å². The monoisotopic (exact) mass is 284 g/mol. The minimum atomic E-state index is -0.711. The quantitative estimate of drug-likeness (QED) is 0.934. The standard InChI is InChI=1S/C18H20O3/c1-3-20-17-10-14-9-12(2)21-16(14)11-15(17)18(19)13-7-5-4-6-8-13/h4-8,10-12,18-19H,3,9H2,1-2H3. The van der Waals surface area contributed by atoms with Crippen molar-refractivity contribution in [2.45, 2.75) is 32.5 Å². The Bertz CT molecular complexity index is 622. The Balaban J connectivity index is 2.02. The SMILES string of the molecule is CCOc1cc2c(cc1C(O)c1ccccc1)OC(C)C2. The molecule has 1 heterocycles. The molecule has 2 atom stereocenters. The topological polar surface area (TPSA) is 38.7 Å². The van der Waals surface area contributed by atoms with Gasteiger partial charge in [-0.15, -0.1) is 0 Å². The summed E-state index contributed by atoms with van der Waals surface area (Å²) >= 11 is 0. The maximum atomic E-state index is 10.7. The molecule has 3 nitrogen and oxygen atoms in total. The molecule has 1 N–H and O–H groups in total. The first-order chi connectivity index (χ1) is 10.2. The average molecular weight is 284 g/mol. The maximum absolute atomic E-state index is 10.7. The third-order valence-corrected chi connectivity index (χ3v) is 3.74. The van der Waals surface area contributed by atoms with E-state index in [1.807, 2.05) is 56.3 Å². The molecule has 0 amide bonds. The van der Waals surface area contributed by atoms with Crippen LogP contribution in [0.1, 0.15) is 36.6 Å². The van der Waals surface area contributed by atoms with E-state index in [1.54, 1.807) is 0 Å². The fourth-order valence-corrected chi connectivity index (χ4v) is 2.76. The van der Waals surface area contributed by atoms with Gasteiger partial charge in [-0.2, -0.15) is 0 Å². The summed E-state index contributed by atoms with van der Waals surface area (Å²) in [6.45, 7) is 4.57. The van der Waals surface area contributed by atoms with E-state index < -0.39 is 6.10 Å². The van der Waals surface area contributed by atoms with E-state index in [2.05, 4.69) is 0 Å². The lowest BCUT2D eigenvalue weighted by Gasteiger charge is -2.17. The van der Waals surface area contributed by atoms with Crippen molar-refractivity contribution in [3.8, 4) is 11.5 Å². The zero-order chi connectivity index (χ0) is 14.8. The number of ether oxygens (including phenoxy) is 2. The second-order valence-electron chi connectivity index (χ2n) is 5.38. The number of aliphatic hydroxyl groups is 1. The molecule has 110 valence electrons. The molecule has 3 rings (SSSR count). The van der Waals surface area contributed by atoms with E-state index in [-0.39, 0.29) is 6.10 Å². The lowest BCUT2D eigenvalue weighted by Crippen LogP contribution is -2.05. The Morgan fingerprint density at radius 3 is 2.76 bits per heavy atom. The molecule has 0 aromatic heterocycles. The van der Waals surface area contributed by atoms with Crippen LogP contribution in [0, 0.1) is 0 Å². The summed E-state index contributed by atoms with van der Waals surface area (Å²) in [6, 6.07) is 13.5. The van der Waals surface area contributed by atoms with Crippen LogP contribution in [-0.4, -0.2) is 17.8 Å². The van der Waals surface area contributed by atoms with Crippen molar-refractivity contribution in [3.63, 3.8) is 0 Å². The highest BCUT2D eigenvalue weighted by atomic mass is 16.5. The summed E-state index contributed by atoms with van der Waals surface area (Å²) in [6.07, 6.45) is 0.355. The Hall–Kier alpha value is -2.00. The number of benzene rings is 2. The number of hydrogen-bond donors (Lipinski definition) is 1. The van der Waals surface area contributed by atoms with E-state index in [0.717, 1.165) is 34.6 Å². The number of hydrogen-bond acceptors (Lipinski definition) is 3. The molecule has 3 heteroatoms. The number of aliphatic hydroxyl groups excluding tert-OH is 1. The van der Waals surface area contributed by atoms with Gasteiger partial charge in [0.1, 0.15) is 23.7 Å². The van der Waals surface area contributed by atoms with Crippen molar-refractivity contribution < 1.29 is 14.6 Å². The minimum Gasteiger partial charge on any atom is -0.493 e. The molecule has 0 fully saturated rings. The van der Waals surface area contributed by atoms with Gasteiger partial charge in [0.15, 0.2) is 0 Å². The van der Waals surface area contributed by atoms with Crippen molar-refractivity contribution in [1.82, 2.24) is 0 Å². The first-order valence-corrected chi connectivity index (χ1v) is 7.38. The molecule has 0 aliphatic carbocycles. The fourth-order valence-electron chi connectivity index (χ4n) is 2.76. The van der Waals surface area contributed by atoms with Crippen LogP contribution in [0.5, 0.6) is 11.5 Å². The van der Waals surface area contributed by atoms with Gasteiger partial charge in [0.05, 0.1) is 6.61 Å². The first kappa shape index (κ1) is 14.0. The lowest BCUT2D eigenvalue weighted by atomic mass is 9.98. The average Bonchev–Trinajstić information content (AvgIpc) is 2.86. The highest BCUT2D eigenvalue weighted by molar-refractivity contribution is 5.51. The van der Waals surface area contributed by atoms with Crippen LogP contribution in [-0.2, 0) is 6.42 Å². The summed E-state index contributed by atoms with van der Waals surface area (Å²) in [5, 5.41) is 10.7. The van der Waals surface area contributed by atoms with Gasteiger partial charge in [-0.25, -0.2) is 0 Å². The molecule has 0 radical (unpaired) electrons. The third kappa shape index (κ3) is 2.74. The van der Waals surface area contributed by atoms with Crippen LogP contribution in [0.3, 0.4) is 0 Å². The van der Waals surface area contributed by atoms with Crippen LogP contribution in [0.15, 0.2) is 42.5 Å². The Kier molecular flexibility index (Phi) is 3.84. The van der Waals surface area contributed by atoms with Gasteiger partial charge in [-0.3, -0.25) is 0 Å². The van der Waals surface area contributed by atoms with Gasteiger partial charge in [-0.1, -0.05) is 30.3 Å². The van der Waals surface area contributed by atoms with Crippen molar-refractivity contribution in [3.05, 3.63) is 59.2 Å². The summed E-state index contributed by atoms with van der Waals surface area (Å²) < 4.78 is 11.5. The van der Waals surface area contributed by atoms with Crippen LogP contribution in [0.25, 0.3) is 0 Å². The molecule has 21 heavy (non-hydrogen) atoms. The van der Waals surface area contributed by atoms with Gasteiger partial charge >= 0.3 is 0 Å². The summed E-state index contributed by atoms with van der Waals surface area (Å²) in [5.74, 6) is 1.60. The molecular formula is C18H20O3. The highest BCUT2D eigenvalue weighted by Crippen LogP contribution is 2.39. The maximum Gasteiger partial charge on any atom is 0.125 e. The predicted octanol–water partition coefficient (Wildman–Crippen LogP) is 3.49. The van der Waals surface area contributed by atoms with Gasteiger partial charge < -0.3 is 14.6 Å². The van der Waals surface area contributed by atoms with Crippen molar-refractivity contribution in [2.75, 3.05) is 6.61 Å². The molecule has 0 saturated heterocycles. The van der Waals surface area contributed by atoms with Gasteiger partial charge in [-0.05, 0) is 31.5 Å². The fraction of sp³-hybridized carbons (Fsp3) is 0.333. The Morgan fingerprint density at radius 1 is 1.29 bits per heavy atom. The number of fused-ring (bicyclic) bond motifs is 1. The summed E-state index contributed by atoms with van der Waals surface area (Å²) in [7, 11) is 0. The van der Waals surface area contributed by atoms with Crippen molar-refractivity contribution >= 4 is 0 Å². The number of rotatable bonds is 4. The van der Waals surface area contributed by atoms with Crippen molar-refractivity contribution in [1.29, 1.82) is 0 Å². The Morgan fingerprint density at radius 2 is 2.05 bits per heavy atom. The van der Waals surface area contributed by atoms with E-state index >= 15 is 0 Å². The molecule has 1 aliphatic heterocycles. The van der Waals surface area contributed by atoms with Gasteiger partial charge in [0.2, 0.25) is 0 Å². The zero-order valence-electron chi connectivity index (χ0n) is 12.4. The van der Waals surface area contributed by atoms with Crippen LogP contribution < -0.4 is 9.47 Å². The molecule has 0 bridgehead atoms. The molecule has 0 spiro atoms. The second-order valence-corrected chi connectivity index (χ2v) is 5.38. The van der Waals surface area contributed by atoms with E-state index in [1.165, 1.54) is 0 Å². The van der Waals surface area contributed by atoms with Crippen LogP contribution >= 0.6 is 0 Å². The normalized spacial score (nSPS) is 18.0. The molecular weight excluding hydrogens is 264 g/mol. The van der Waals surface area contributed by atoms with Crippen molar-refractivity contribution in [2.24, 2.45) is 0 Å². The first-order valence-electron chi connectivity index (χ1n) is 7.38. The van der Waals surface area contributed by atoms with E-state index in [4.69, 9.17) is 9.47 Å². The minimum absolute atomic E-state index is 0.179. The third-order valence-electron chi connectivity index (χ3n) is 3.74. The molecule has 2 unspecified atom stereocenters. The highest BCUT2D eigenvalue weighted by Gasteiger charge is 2.24. The van der Waals surface area contributed by atoms with Crippen LogP contribution in [0.4, 0.5) is 0 Å². The molecule has 2 aromatic carbocycles. The van der Waals surface area contributed by atoms with E-state index in [9.17, 15) is 5.11 Å². The smallest absolute Gasteiger partial charge is 0.125 e.